The van der Waals surface area contributed by atoms with Crippen molar-refractivity contribution < 1.29 is 81.7 Å². The molecule has 12 atom stereocenters. The lowest BCUT2D eigenvalue weighted by Crippen LogP contribution is -2.62. The van der Waals surface area contributed by atoms with Crippen LogP contribution >= 0.6 is 21.6 Å². The quantitative estimate of drug-likeness (QED) is 0.0101. The van der Waals surface area contributed by atoms with E-state index in [1.54, 1.807) is 83.1 Å². The molecule has 0 saturated carbocycles. The van der Waals surface area contributed by atoms with E-state index in [1.807, 2.05) is 13.8 Å². The van der Waals surface area contributed by atoms with E-state index in [2.05, 4.69) is 73.7 Å². The number of carbonyl (C=O) groups is 14. The Morgan fingerprint density at radius 3 is 1.79 bits per heavy atom. The highest BCUT2D eigenvalue weighted by Gasteiger charge is 2.42. The highest BCUT2D eigenvalue weighted by atomic mass is 33.1. The van der Waals surface area contributed by atoms with Crippen LogP contribution in [0.15, 0.2) is 66.7 Å². The van der Waals surface area contributed by atoms with Crippen LogP contribution in [0.2, 0.25) is 0 Å². The fourth-order valence-corrected chi connectivity index (χ4v) is 15.5. The summed E-state index contributed by atoms with van der Waals surface area (Å²) in [6.45, 7) is 16.2. The number of nitrogens with two attached hydrogens (primary N) is 5. The van der Waals surface area contributed by atoms with Crippen molar-refractivity contribution in [1.29, 1.82) is 0 Å². The van der Waals surface area contributed by atoms with Crippen LogP contribution in [0.25, 0.3) is 11.6 Å². The summed E-state index contributed by atoms with van der Waals surface area (Å²) >= 11 is 0. The molecule has 6 rings (SSSR count). The van der Waals surface area contributed by atoms with Gasteiger partial charge < -0.3 is 113 Å². The first kappa shape index (κ1) is 97.6. The van der Waals surface area contributed by atoms with E-state index in [1.165, 1.54) is 19.1 Å². The molecule has 0 spiro atoms. The third kappa shape index (κ3) is 28.2. The molecule has 1 aromatic heterocycles. The normalized spacial score (nSPS) is 20.3. The highest BCUT2D eigenvalue weighted by Crippen LogP contribution is 2.41. The van der Waals surface area contributed by atoms with Crippen molar-refractivity contribution in [3.63, 3.8) is 0 Å². The topological polar surface area (TPSA) is 576 Å². The zero-order chi connectivity index (χ0) is 87.9. The molecule has 0 unspecified atom stereocenters. The molecule has 14 amide bonds. The third-order valence-corrected chi connectivity index (χ3v) is 22.2. The van der Waals surface area contributed by atoms with Crippen molar-refractivity contribution in [2.24, 2.45) is 34.6 Å². The Balaban J connectivity index is 1.18. The Bertz CT molecular complexity index is 4260. The van der Waals surface area contributed by atoms with Crippen molar-refractivity contribution in [1.82, 2.24) is 73.7 Å². The number of aromatic amines is 1. The molecular formula is C80H117FN20O16S2. The van der Waals surface area contributed by atoms with Crippen LogP contribution in [-0.4, -0.2) is 247 Å². The number of aliphatic hydroxyl groups excluding tert-OH is 2. The summed E-state index contributed by atoms with van der Waals surface area (Å²) in [6.07, 6.45) is -3.64. The van der Waals surface area contributed by atoms with Crippen LogP contribution in [0, 0.1) is 32.5 Å². The Morgan fingerprint density at radius 1 is 0.639 bits per heavy atom. The minimum absolute atomic E-state index is 0.00384. The number of amides is 14. The number of hydrogen-bond donors (Lipinski definition) is 20. The maximum absolute atomic E-state index is 15.1. The summed E-state index contributed by atoms with van der Waals surface area (Å²) in [4.78, 5) is 206. The van der Waals surface area contributed by atoms with Crippen molar-refractivity contribution in [3.05, 3.63) is 123 Å². The number of imide groups is 1. The number of H-pyrrole nitrogens is 1. The van der Waals surface area contributed by atoms with E-state index in [0.717, 1.165) is 58.6 Å². The molecule has 36 nitrogen and oxygen atoms in total. The summed E-state index contributed by atoms with van der Waals surface area (Å²) < 4.78 is 15.1. The summed E-state index contributed by atoms with van der Waals surface area (Å²) in [5.41, 5.74) is 33.6. The van der Waals surface area contributed by atoms with E-state index < -0.39 is 168 Å². The van der Waals surface area contributed by atoms with E-state index in [0.29, 0.717) is 52.3 Å². The molecule has 4 aromatic rings. The number of rotatable bonds is 36. The number of carbonyl (C=O) groups excluding carboxylic acids is 14. The van der Waals surface area contributed by atoms with Gasteiger partial charge in [0.05, 0.1) is 34.8 Å². The van der Waals surface area contributed by atoms with Gasteiger partial charge in [0.25, 0.3) is 17.7 Å². The summed E-state index contributed by atoms with van der Waals surface area (Å²) in [7, 11) is 2.21. The third-order valence-electron chi connectivity index (χ3n) is 20.0. The second-order valence-electron chi connectivity index (χ2n) is 29.5. The Labute approximate surface area is 699 Å². The van der Waals surface area contributed by atoms with Crippen molar-refractivity contribution >= 4 is 122 Å². The second-order valence-corrected chi connectivity index (χ2v) is 32.0. The summed E-state index contributed by atoms with van der Waals surface area (Å²) in [5, 5.41) is 52.9. The van der Waals surface area contributed by atoms with Crippen LogP contribution in [0.5, 0.6) is 0 Å². The van der Waals surface area contributed by atoms with Gasteiger partial charge in [-0.3, -0.25) is 67.1 Å². The maximum Gasteiger partial charge on any atom is 0.266 e. The molecule has 0 radical (unpaired) electrons. The molecule has 0 bridgehead atoms. The molecule has 3 heterocycles. The number of aryl methyl sites for hydroxylation is 2. The first-order valence-corrected chi connectivity index (χ1v) is 42.3. The molecule has 1 fully saturated rings. The molecule has 39 heteroatoms. The van der Waals surface area contributed by atoms with Gasteiger partial charge in [0.2, 0.25) is 65.0 Å². The number of aliphatic hydroxyl groups is 2. The SMILES string of the molecule is CCN(CC)CCNC(=O)c1c(C)[nH]c(/C=C2\C(=O)N(C(=O)c3c(C)cccc3CSSCC(=O)N[C@@H](CCN)C(=O)N[C@@H](C(=O)N[C@@H](CCN)C(=O)N[C@H]3CCNC(=O)[C@@H]([C@H](C)O)NC(=O)[C@@H](CCN)NC(=O)[C@@H](CCN)NC(=O)[C@@H](CC(C)C)NC(=O)[C@@H](Cc4ccccc4)NC(=O)[C@@H](CCN)NC3=O)[C@@H](C)O)c3ccc(F)cc32)c1C. The number of nitrogens with zero attached hydrogens (tertiary/aromatic N) is 2. The largest absolute Gasteiger partial charge is 0.391 e. The number of fused-ring (bicyclic) bond motifs is 1. The Morgan fingerprint density at radius 2 is 1.21 bits per heavy atom. The molecule has 0 aliphatic carbocycles. The molecule has 1 saturated heterocycles. The zero-order valence-corrected chi connectivity index (χ0v) is 70.3. The zero-order valence-electron chi connectivity index (χ0n) is 68.7. The first-order valence-electron chi connectivity index (χ1n) is 39.8. The number of hydrogen-bond acceptors (Lipinski definition) is 24. The first-order chi connectivity index (χ1) is 56.6. The summed E-state index contributed by atoms with van der Waals surface area (Å²) in [6, 6.07) is 1.61. The predicted octanol–water partition coefficient (Wildman–Crippen LogP) is -2.08. The molecule has 25 N–H and O–H groups in total. The molecule has 652 valence electrons. The number of anilines is 1. The van der Waals surface area contributed by atoms with Crippen LogP contribution < -0.4 is 97.4 Å². The maximum atomic E-state index is 15.1. The number of aromatic nitrogens is 1. The second kappa shape index (κ2) is 48.1. The number of likely N-dealkylation sites (N-methyl/N-ethyl adjacent to an activating group) is 1. The van der Waals surface area contributed by atoms with Crippen LogP contribution in [-0.2, 0) is 69.7 Å². The molecule has 2 aliphatic heterocycles. The van der Waals surface area contributed by atoms with Crippen LogP contribution in [0.3, 0.4) is 0 Å². The van der Waals surface area contributed by atoms with Gasteiger partial charge in [0.1, 0.15) is 66.2 Å². The average molecular weight is 1700 g/mol. The van der Waals surface area contributed by atoms with Crippen molar-refractivity contribution in [2.75, 3.05) is 76.1 Å². The van der Waals surface area contributed by atoms with Crippen LogP contribution in [0.1, 0.15) is 146 Å². The average Bonchev–Trinajstić information content (AvgIpc) is 1.60. The smallest absolute Gasteiger partial charge is 0.266 e. The van der Waals surface area contributed by atoms with Gasteiger partial charge in [-0.2, -0.15) is 0 Å². The van der Waals surface area contributed by atoms with E-state index in [-0.39, 0.29) is 123 Å². The lowest BCUT2D eigenvalue weighted by atomic mass is 10.00. The van der Waals surface area contributed by atoms with E-state index in [9.17, 15) is 77.3 Å². The standard InChI is InChI=1S/C80H117FN20O16S2/c1-10-100(11-2)35-34-88-76(113)65-44(6)59(89-45(65)7)39-52-51-38-50(81)20-21-62(51)101(79(52)116)80(117)64-43(5)16-15-19-49(64)40-118-119-41-63(104)90-53(22-28-82)72(109)99-67(47(9)103)78(115)95-56(25-31-85)69(106)94-58-27-33-87-77(114)66(46(8)102)98-73(110)57(26-32-86)92-68(105)54(23-29-83)93-74(111)60(36-42(3)4)96-75(112)61(37-48-17-13-12-14-18-48)97-70(107)55(24-30-84)91-71(58)108/h12-21,38-39,42,46-47,53-58,60-61,66-67,89,102-103H,10-11,22-37,40-41,82-86H2,1-9H3,(H,87,114)(H,88,113)(H,90,104)(H,91,108)(H,92,105)(H,93,111)(H,94,106)(H,95,115)(H,96,112)(H,97,107)(H,98,110)(H,99,109)/b52-39-/t46-,47+,53-,54+,55+,56-,57+,58-,60+,61+,66+,67+/m0/s1. The lowest BCUT2D eigenvalue weighted by molar-refractivity contribution is -0.137. The summed E-state index contributed by atoms with van der Waals surface area (Å²) in [5.74, 6) is -13.4. The van der Waals surface area contributed by atoms with E-state index >= 15 is 4.39 Å². The lowest BCUT2D eigenvalue weighted by Gasteiger charge is -2.29. The fourth-order valence-electron chi connectivity index (χ4n) is 13.5. The van der Waals surface area contributed by atoms with E-state index in [4.69, 9.17) is 28.7 Å². The van der Waals surface area contributed by atoms with Gasteiger partial charge in [-0.1, -0.05) is 97.8 Å². The van der Waals surface area contributed by atoms with Gasteiger partial charge in [-0.05, 0) is 178 Å². The van der Waals surface area contributed by atoms with Gasteiger partial charge >= 0.3 is 0 Å². The highest BCUT2D eigenvalue weighted by molar-refractivity contribution is 8.76. The number of nitrogens with one attached hydrogen (secondary N) is 13. The number of halogens is 1. The van der Waals surface area contributed by atoms with Gasteiger partial charge in [0, 0.05) is 54.3 Å². The minimum atomic E-state index is -1.84. The van der Waals surface area contributed by atoms with Crippen LogP contribution in [0.4, 0.5) is 10.1 Å². The Kier molecular flexibility index (Phi) is 39.5. The molecule has 3 aromatic carbocycles. The van der Waals surface area contributed by atoms with Crippen molar-refractivity contribution in [2.45, 2.75) is 192 Å². The molecule has 2 aliphatic rings. The Hall–Kier alpha value is -10.2. The van der Waals surface area contributed by atoms with Gasteiger partial charge in [-0.25, -0.2) is 9.29 Å². The number of benzene rings is 3. The van der Waals surface area contributed by atoms with Gasteiger partial charge in [0.15, 0.2) is 0 Å². The monoisotopic (exact) mass is 1700 g/mol. The van der Waals surface area contributed by atoms with Crippen molar-refractivity contribution in [3.8, 4) is 0 Å². The minimum Gasteiger partial charge on any atom is -0.391 e. The van der Waals surface area contributed by atoms with Gasteiger partial charge in [-0.15, -0.1) is 0 Å². The predicted molar refractivity (Wildman–Crippen MR) is 450 cm³/mol. The molecular weight excluding hydrogens is 1580 g/mol. The molecule has 119 heavy (non-hydrogen) atoms. The fraction of sp³-hybridized carbons (Fsp3) is 0.525.